The van der Waals surface area contributed by atoms with E-state index < -0.39 is 28.2 Å². The molecule has 0 fully saturated rings. The maximum atomic E-state index is 11.0. The van der Waals surface area contributed by atoms with E-state index >= 15 is 0 Å². The Balaban J connectivity index is 2.99. The molecule has 0 amide bonds. The van der Waals surface area contributed by atoms with Crippen LogP contribution in [-0.4, -0.2) is 57.9 Å². The van der Waals surface area contributed by atoms with Crippen LogP contribution in [0.15, 0.2) is 18.2 Å². The average molecular weight is 284 g/mol. The van der Waals surface area contributed by atoms with Crippen LogP contribution in [0, 0.1) is 10.1 Å². The molecule has 0 radical (unpaired) electrons. The molecule has 8 heteroatoms. The fraction of sp³-hybridized carbons (Fsp3) is 0.417. The molecule has 1 aromatic rings. The summed E-state index contributed by atoms with van der Waals surface area (Å²) in [6.45, 7) is 0.469. The summed E-state index contributed by atoms with van der Waals surface area (Å²) in [5, 5.41) is 38.4. The lowest BCUT2D eigenvalue weighted by Crippen LogP contribution is -2.27. The fourth-order valence-electron chi connectivity index (χ4n) is 1.75. The molecule has 0 aliphatic rings. The smallest absolute Gasteiger partial charge is 0.342 e. The predicted octanol–water partition coefficient (Wildman–Crippen LogP) is 0.250. The van der Waals surface area contributed by atoms with Gasteiger partial charge in [0.1, 0.15) is 5.56 Å². The summed E-state index contributed by atoms with van der Waals surface area (Å²) < 4.78 is 0. The topological polar surface area (TPSA) is 124 Å². The molecule has 0 bridgehead atoms. The minimum Gasteiger partial charge on any atom is -0.477 e. The molecule has 0 saturated heterocycles. The van der Waals surface area contributed by atoms with Crippen LogP contribution < -0.4 is 0 Å². The molecule has 0 aliphatic carbocycles. The van der Waals surface area contributed by atoms with E-state index in [2.05, 4.69) is 0 Å². The number of nitrogens with zero attached hydrogens (tertiary/aromatic N) is 2. The molecule has 0 spiro atoms. The molecular weight excluding hydrogens is 268 g/mol. The van der Waals surface area contributed by atoms with E-state index in [0.717, 1.165) is 12.1 Å². The van der Waals surface area contributed by atoms with Crippen molar-refractivity contribution in [2.75, 3.05) is 26.7 Å². The highest BCUT2D eigenvalue weighted by molar-refractivity contribution is 5.92. The number of aliphatic hydroxyl groups excluding tert-OH is 2. The third kappa shape index (κ3) is 3.98. The number of nitro benzene ring substituents is 1. The number of carboxylic acids is 1. The van der Waals surface area contributed by atoms with Gasteiger partial charge in [-0.3, -0.25) is 10.1 Å². The fourth-order valence-corrected chi connectivity index (χ4v) is 1.75. The van der Waals surface area contributed by atoms with E-state index in [1.54, 1.807) is 11.9 Å². The van der Waals surface area contributed by atoms with E-state index in [1.807, 2.05) is 0 Å². The van der Waals surface area contributed by atoms with Crippen LogP contribution in [0.1, 0.15) is 22.0 Å². The zero-order valence-corrected chi connectivity index (χ0v) is 10.9. The molecule has 0 saturated carbocycles. The van der Waals surface area contributed by atoms with Gasteiger partial charge in [0.2, 0.25) is 0 Å². The van der Waals surface area contributed by atoms with Crippen LogP contribution in [0.3, 0.4) is 0 Å². The summed E-state index contributed by atoms with van der Waals surface area (Å²) in [6, 6.07) is 3.48. The van der Waals surface area contributed by atoms with Crippen molar-refractivity contribution in [1.82, 2.24) is 4.90 Å². The van der Waals surface area contributed by atoms with Crippen molar-refractivity contribution in [3.05, 3.63) is 39.4 Å². The molecule has 1 aromatic carbocycles. The van der Waals surface area contributed by atoms with E-state index in [4.69, 9.17) is 10.2 Å². The van der Waals surface area contributed by atoms with Crippen molar-refractivity contribution in [3.8, 4) is 0 Å². The highest BCUT2D eigenvalue weighted by Gasteiger charge is 2.22. The molecule has 8 nitrogen and oxygen atoms in total. The summed E-state index contributed by atoms with van der Waals surface area (Å²) >= 11 is 0. The van der Waals surface area contributed by atoms with Gasteiger partial charge in [-0.1, -0.05) is 0 Å². The van der Waals surface area contributed by atoms with Gasteiger partial charge in [-0.2, -0.15) is 0 Å². The highest BCUT2D eigenvalue weighted by atomic mass is 16.6. The molecule has 3 N–H and O–H groups in total. The summed E-state index contributed by atoms with van der Waals surface area (Å²) in [4.78, 5) is 22.6. The first-order chi connectivity index (χ1) is 9.36. The second-order valence-corrected chi connectivity index (χ2v) is 4.34. The number of rotatable bonds is 7. The molecular formula is C12H16N2O6. The Bertz CT molecular complexity index is 505. The highest BCUT2D eigenvalue weighted by Crippen LogP contribution is 2.23. The van der Waals surface area contributed by atoms with Gasteiger partial charge in [0.05, 0.1) is 17.6 Å². The van der Waals surface area contributed by atoms with Crippen LogP contribution >= 0.6 is 0 Å². The maximum Gasteiger partial charge on any atom is 0.342 e. The first kappa shape index (κ1) is 16.0. The largest absolute Gasteiger partial charge is 0.477 e. The second-order valence-electron chi connectivity index (χ2n) is 4.34. The van der Waals surface area contributed by atoms with Gasteiger partial charge >= 0.3 is 5.97 Å². The lowest BCUT2D eigenvalue weighted by Gasteiger charge is -2.19. The van der Waals surface area contributed by atoms with Crippen molar-refractivity contribution in [3.63, 3.8) is 0 Å². The van der Waals surface area contributed by atoms with E-state index in [0.29, 0.717) is 6.54 Å². The summed E-state index contributed by atoms with van der Waals surface area (Å²) in [7, 11) is 1.68. The summed E-state index contributed by atoms with van der Waals surface area (Å²) in [6.07, 6.45) is -0.995. The number of aromatic carboxylic acids is 1. The molecule has 0 heterocycles. The number of hydrogen-bond acceptors (Lipinski definition) is 6. The molecule has 0 aliphatic heterocycles. The minimum atomic E-state index is -1.42. The van der Waals surface area contributed by atoms with Gasteiger partial charge in [0, 0.05) is 19.2 Å². The van der Waals surface area contributed by atoms with Crippen molar-refractivity contribution >= 4 is 11.7 Å². The van der Waals surface area contributed by atoms with Crippen molar-refractivity contribution in [2.24, 2.45) is 0 Å². The molecule has 1 rings (SSSR count). The first-order valence-electron chi connectivity index (χ1n) is 5.86. The van der Waals surface area contributed by atoms with Gasteiger partial charge in [-0.15, -0.1) is 0 Å². The van der Waals surface area contributed by atoms with Gasteiger partial charge in [0.25, 0.3) is 5.69 Å². The van der Waals surface area contributed by atoms with Crippen LogP contribution in [0.2, 0.25) is 0 Å². The number of aliphatic hydroxyl groups is 2. The Kier molecular flexibility index (Phi) is 5.56. The zero-order valence-electron chi connectivity index (χ0n) is 10.9. The molecule has 0 aromatic heterocycles. The third-order valence-corrected chi connectivity index (χ3v) is 2.80. The van der Waals surface area contributed by atoms with Gasteiger partial charge in [0.15, 0.2) is 0 Å². The standard InChI is InChI=1S/C12H16N2O6/c1-13(4-5-15)7-11(16)8-2-3-10(14(19)20)9(6-8)12(17)18/h2-3,6,11,15-16H,4-5,7H2,1H3,(H,17,18). The number of hydrogen-bond donors (Lipinski definition) is 3. The number of carbonyl (C=O) groups is 1. The quantitative estimate of drug-likeness (QED) is 0.484. The Labute approximate surface area is 115 Å². The number of nitro groups is 1. The predicted molar refractivity (Wildman–Crippen MR) is 69.6 cm³/mol. The SMILES string of the molecule is CN(CCO)CC(O)c1ccc([N+](=O)[O-])c(C(=O)O)c1. The monoisotopic (exact) mass is 284 g/mol. The Morgan fingerprint density at radius 1 is 1.50 bits per heavy atom. The Morgan fingerprint density at radius 2 is 2.15 bits per heavy atom. The third-order valence-electron chi connectivity index (χ3n) is 2.80. The van der Waals surface area contributed by atoms with Crippen molar-refractivity contribution in [1.29, 1.82) is 0 Å². The van der Waals surface area contributed by atoms with Gasteiger partial charge in [-0.05, 0) is 24.7 Å². The van der Waals surface area contributed by atoms with E-state index in [-0.39, 0.29) is 18.7 Å². The number of benzene rings is 1. The van der Waals surface area contributed by atoms with Crippen molar-refractivity contribution in [2.45, 2.75) is 6.10 Å². The lowest BCUT2D eigenvalue weighted by atomic mass is 10.0. The van der Waals surface area contributed by atoms with Gasteiger partial charge < -0.3 is 20.2 Å². The first-order valence-corrected chi connectivity index (χ1v) is 5.86. The van der Waals surface area contributed by atoms with Crippen LogP contribution in [0.4, 0.5) is 5.69 Å². The van der Waals surface area contributed by atoms with Crippen LogP contribution in [0.25, 0.3) is 0 Å². The van der Waals surface area contributed by atoms with E-state index in [1.165, 1.54) is 6.07 Å². The van der Waals surface area contributed by atoms with Gasteiger partial charge in [-0.25, -0.2) is 4.79 Å². The molecule has 110 valence electrons. The van der Waals surface area contributed by atoms with E-state index in [9.17, 15) is 20.0 Å². The summed E-state index contributed by atoms with van der Waals surface area (Å²) in [5.41, 5.74) is -0.702. The minimum absolute atomic E-state index is 0.0656. The summed E-state index contributed by atoms with van der Waals surface area (Å²) in [5.74, 6) is -1.42. The maximum absolute atomic E-state index is 11.0. The second kappa shape index (κ2) is 6.94. The van der Waals surface area contributed by atoms with Crippen molar-refractivity contribution < 1.29 is 25.0 Å². The molecule has 20 heavy (non-hydrogen) atoms. The van der Waals surface area contributed by atoms with Crippen LogP contribution in [-0.2, 0) is 0 Å². The molecule has 1 atom stereocenters. The lowest BCUT2D eigenvalue weighted by molar-refractivity contribution is -0.385. The Morgan fingerprint density at radius 3 is 2.65 bits per heavy atom. The molecule has 1 unspecified atom stereocenters. The Hall–Kier alpha value is -2.03. The number of likely N-dealkylation sites (N-methyl/N-ethyl adjacent to an activating group) is 1. The normalized spacial score (nSPS) is 12.4. The number of carboxylic acid groups (broad SMARTS) is 1. The van der Waals surface area contributed by atoms with Crippen LogP contribution in [0.5, 0.6) is 0 Å². The average Bonchev–Trinajstić information content (AvgIpc) is 2.37. The zero-order chi connectivity index (χ0) is 15.3.